The molecule has 0 bridgehead atoms. The molecule has 138 valence electrons. The van der Waals surface area contributed by atoms with E-state index < -0.39 is 17.2 Å². The molecule has 26 heavy (non-hydrogen) atoms. The van der Waals surface area contributed by atoms with E-state index in [1.807, 2.05) is 0 Å². The van der Waals surface area contributed by atoms with Crippen molar-refractivity contribution in [2.75, 3.05) is 5.32 Å². The molecule has 0 radical (unpaired) electrons. The van der Waals surface area contributed by atoms with E-state index in [1.165, 1.54) is 12.1 Å². The lowest BCUT2D eigenvalue weighted by Crippen LogP contribution is -2.21. The number of nitrogens with one attached hydrogen (secondary N) is 1. The molecule has 1 amide bonds. The maximum absolute atomic E-state index is 13.5. The van der Waals surface area contributed by atoms with Crippen molar-refractivity contribution in [1.82, 2.24) is 0 Å². The van der Waals surface area contributed by atoms with Crippen molar-refractivity contribution in [2.24, 2.45) is 5.41 Å². The third-order valence-electron chi connectivity index (χ3n) is 4.43. The summed E-state index contributed by atoms with van der Waals surface area (Å²) in [7, 11) is 0. The van der Waals surface area contributed by atoms with Crippen LogP contribution in [0.2, 0.25) is 5.02 Å². The second-order valence-electron chi connectivity index (χ2n) is 6.60. The largest absolute Gasteiger partial charge is 0.417 e. The molecule has 0 atom stereocenters. The smallest absolute Gasteiger partial charge is 0.326 e. The summed E-state index contributed by atoms with van der Waals surface area (Å²) < 4.78 is 40.4. The van der Waals surface area contributed by atoms with Crippen molar-refractivity contribution >= 4 is 35.0 Å². The Morgan fingerprint density at radius 2 is 1.92 bits per heavy atom. The van der Waals surface area contributed by atoms with Gasteiger partial charge in [0.05, 0.1) is 5.56 Å². The predicted molar refractivity (Wildman–Crippen MR) is 98.4 cm³/mol. The summed E-state index contributed by atoms with van der Waals surface area (Å²) in [6.07, 6.45) is -2.99. The summed E-state index contributed by atoms with van der Waals surface area (Å²) in [5, 5.41) is 3.12. The fourth-order valence-corrected chi connectivity index (χ4v) is 3.76. The molecule has 0 spiro atoms. The third-order valence-corrected chi connectivity index (χ3v) is 5.92. The molecule has 0 unspecified atom stereocenters. The number of hydrogen-bond donors (Lipinski definition) is 1. The minimum atomic E-state index is -4.51. The highest BCUT2D eigenvalue weighted by Crippen LogP contribution is 2.46. The number of rotatable bonds is 5. The highest BCUT2D eigenvalue weighted by atomic mass is 35.5. The Morgan fingerprint density at radius 1 is 1.23 bits per heavy atom. The number of halogens is 4. The second kappa shape index (κ2) is 7.16. The van der Waals surface area contributed by atoms with Crippen molar-refractivity contribution in [2.45, 2.75) is 36.6 Å². The van der Waals surface area contributed by atoms with Gasteiger partial charge in [0.2, 0.25) is 5.91 Å². The molecule has 0 heterocycles. The molecule has 2 nitrogen and oxygen atoms in total. The molecule has 1 aliphatic rings. The molecule has 2 aromatic carbocycles. The standard InChI is InChI=1S/C19H17ClF3NOS/c1-18(8-9-18)17(25)24-13-6-7-16(14(10-13)19(21,22)23)26-11-12-4-2-3-5-15(12)20/h2-7,10H,8-9,11H2,1H3,(H,24,25). The maximum Gasteiger partial charge on any atom is 0.417 e. The number of carbonyl (C=O) groups is 1. The fourth-order valence-electron chi connectivity index (χ4n) is 2.42. The van der Waals surface area contributed by atoms with Crippen LogP contribution in [0.15, 0.2) is 47.4 Å². The molecule has 1 N–H and O–H groups in total. The molecular weight excluding hydrogens is 383 g/mol. The molecule has 2 aromatic rings. The number of alkyl halides is 3. The van der Waals surface area contributed by atoms with Crippen LogP contribution in [-0.4, -0.2) is 5.91 Å². The van der Waals surface area contributed by atoms with Gasteiger partial charge in [0.15, 0.2) is 0 Å². The van der Waals surface area contributed by atoms with Crippen LogP contribution in [0.3, 0.4) is 0 Å². The Morgan fingerprint density at radius 3 is 2.54 bits per heavy atom. The van der Waals surface area contributed by atoms with Crippen LogP contribution in [0.4, 0.5) is 18.9 Å². The zero-order valence-electron chi connectivity index (χ0n) is 14.0. The van der Waals surface area contributed by atoms with Gasteiger partial charge in [-0.1, -0.05) is 36.7 Å². The lowest BCUT2D eigenvalue weighted by Gasteiger charge is -2.16. The topological polar surface area (TPSA) is 29.1 Å². The second-order valence-corrected chi connectivity index (χ2v) is 8.03. The molecule has 0 aromatic heterocycles. The average molecular weight is 400 g/mol. The summed E-state index contributed by atoms with van der Waals surface area (Å²) in [5.74, 6) is 0.0918. The molecule has 0 saturated heterocycles. The van der Waals surface area contributed by atoms with Crippen LogP contribution < -0.4 is 5.32 Å². The zero-order valence-corrected chi connectivity index (χ0v) is 15.6. The van der Waals surface area contributed by atoms with Gasteiger partial charge in [-0.15, -0.1) is 11.8 Å². The normalized spacial score (nSPS) is 15.6. The van der Waals surface area contributed by atoms with Crippen LogP contribution in [0.5, 0.6) is 0 Å². The highest BCUT2D eigenvalue weighted by Gasteiger charge is 2.45. The van der Waals surface area contributed by atoms with Gasteiger partial charge in [-0.3, -0.25) is 4.79 Å². The Bertz CT molecular complexity index is 834. The molecular formula is C19H17ClF3NOS. The van der Waals surface area contributed by atoms with Crippen molar-refractivity contribution in [3.63, 3.8) is 0 Å². The highest BCUT2D eigenvalue weighted by molar-refractivity contribution is 7.98. The summed E-state index contributed by atoms with van der Waals surface area (Å²) >= 11 is 7.14. The molecule has 0 aliphatic heterocycles. The minimum Gasteiger partial charge on any atom is -0.326 e. The third kappa shape index (κ3) is 4.35. The van der Waals surface area contributed by atoms with Gasteiger partial charge in [-0.05, 0) is 42.7 Å². The summed E-state index contributed by atoms with van der Waals surface area (Å²) in [6, 6.07) is 11.0. The van der Waals surface area contributed by atoms with Crippen LogP contribution in [0.25, 0.3) is 0 Å². The Labute approximate surface area is 159 Å². The van der Waals surface area contributed by atoms with Crippen molar-refractivity contribution in [1.29, 1.82) is 0 Å². The summed E-state index contributed by atoms with van der Waals surface area (Å²) in [6.45, 7) is 1.81. The lowest BCUT2D eigenvalue weighted by molar-refractivity contribution is -0.139. The van der Waals surface area contributed by atoms with Crippen molar-refractivity contribution < 1.29 is 18.0 Å². The van der Waals surface area contributed by atoms with E-state index in [0.717, 1.165) is 36.2 Å². The first-order valence-electron chi connectivity index (χ1n) is 8.08. The van der Waals surface area contributed by atoms with E-state index >= 15 is 0 Å². The number of thioether (sulfide) groups is 1. The molecule has 1 fully saturated rings. The molecule has 3 rings (SSSR count). The number of carbonyl (C=O) groups excluding carboxylic acids is 1. The molecule has 7 heteroatoms. The number of amides is 1. The van der Waals surface area contributed by atoms with Gasteiger partial charge < -0.3 is 5.32 Å². The van der Waals surface area contributed by atoms with Gasteiger partial charge in [0, 0.05) is 26.8 Å². The van der Waals surface area contributed by atoms with E-state index in [9.17, 15) is 18.0 Å². The van der Waals surface area contributed by atoms with Gasteiger partial charge in [0.1, 0.15) is 0 Å². The van der Waals surface area contributed by atoms with Crippen LogP contribution in [-0.2, 0) is 16.7 Å². The average Bonchev–Trinajstić information content (AvgIpc) is 3.33. The first-order chi connectivity index (χ1) is 12.2. The SMILES string of the molecule is CC1(C(=O)Nc2ccc(SCc3ccccc3Cl)c(C(F)(F)F)c2)CC1. The number of benzene rings is 2. The van der Waals surface area contributed by atoms with Crippen LogP contribution in [0.1, 0.15) is 30.9 Å². The Kier molecular flexibility index (Phi) is 5.26. The number of hydrogen-bond acceptors (Lipinski definition) is 2. The van der Waals surface area contributed by atoms with Crippen LogP contribution >= 0.6 is 23.4 Å². The van der Waals surface area contributed by atoms with E-state index in [-0.39, 0.29) is 16.5 Å². The van der Waals surface area contributed by atoms with E-state index in [2.05, 4.69) is 5.32 Å². The molecule has 1 saturated carbocycles. The van der Waals surface area contributed by atoms with Gasteiger partial charge in [-0.25, -0.2) is 0 Å². The summed E-state index contributed by atoms with van der Waals surface area (Å²) in [5.41, 5.74) is -0.271. The van der Waals surface area contributed by atoms with E-state index in [4.69, 9.17) is 11.6 Å². The Hall–Kier alpha value is -1.66. The lowest BCUT2D eigenvalue weighted by atomic mass is 10.1. The minimum absolute atomic E-state index is 0.105. The van der Waals surface area contributed by atoms with Crippen molar-refractivity contribution in [3.8, 4) is 0 Å². The quantitative estimate of drug-likeness (QED) is 0.590. The predicted octanol–water partition coefficient (Wildman–Crippen LogP) is 6.39. The first-order valence-corrected chi connectivity index (χ1v) is 9.44. The maximum atomic E-state index is 13.5. The van der Waals surface area contributed by atoms with Gasteiger partial charge in [0.25, 0.3) is 0 Å². The van der Waals surface area contributed by atoms with Crippen molar-refractivity contribution in [3.05, 3.63) is 58.6 Å². The van der Waals surface area contributed by atoms with Crippen LogP contribution in [0, 0.1) is 5.41 Å². The number of anilines is 1. The first kappa shape index (κ1) is 19.1. The molecule has 1 aliphatic carbocycles. The fraction of sp³-hybridized carbons (Fsp3) is 0.316. The summed E-state index contributed by atoms with van der Waals surface area (Å²) in [4.78, 5) is 12.2. The van der Waals surface area contributed by atoms with Gasteiger partial charge in [-0.2, -0.15) is 13.2 Å². The zero-order chi connectivity index (χ0) is 18.9. The van der Waals surface area contributed by atoms with E-state index in [1.54, 1.807) is 31.2 Å². The monoisotopic (exact) mass is 399 g/mol. The van der Waals surface area contributed by atoms with E-state index in [0.29, 0.717) is 10.8 Å². The Balaban J connectivity index is 1.81. The van der Waals surface area contributed by atoms with Gasteiger partial charge >= 0.3 is 6.18 Å².